The van der Waals surface area contributed by atoms with Gasteiger partial charge in [-0.05, 0) is 46.6 Å². The normalized spacial score (nSPS) is 10.4. The maximum atomic E-state index is 13.2. The monoisotopic (exact) mass is 355 g/mol. The van der Waals surface area contributed by atoms with Gasteiger partial charge in [0.15, 0.2) is 0 Å². The minimum absolute atomic E-state index is 0.311. The van der Waals surface area contributed by atoms with Gasteiger partial charge in [-0.15, -0.1) is 0 Å². The minimum atomic E-state index is -0.393. The van der Waals surface area contributed by atoms with Gasteiger partial charge in [0, 0.05) is 23.8 Å². The summed E-state index contributed by atoms with van der Waals surface area (Å²) in [7, 11) is 1.85. The van der Waals surface area contributed by atoms with Gasteiger partial charge in [-0.2, -0.15) is 5.26 Å². The highest BCUT2D eigenvalue weighted by Crippen LogP contribution is 2.32. The molecule has 6 heteroatoms. The molecule has 0 radical (unpaired) electrons. The van der Waals surface area contributed by atoms with E-state index in [1.54, 1.807) is 0 Å². The molecule has 0 unspecified atom stereocenters. The number of anilines is 1. The maximum Gasteiger partial charge on any atom is 0.125 e. The van der Waals surface area contributed by atoms with E-state index in [0.29, 0.717) is 27.4 Å². The van der Waals surface area contributed by atoms with E-state index < -0.39 is 5.82 Å². The lowest BCUT2D eigenvalue weighted by molar-refractivity contribution is 0.627. The molecule has 0 fully saturated rings. The molecule has 20 heavy (non-hydrogen) atoms. The van der Waals surface area contributed by atoms with Crippen molar-refractivity contribution in [3.63, 3.8) is 0 Å². The molecule has 0 atom stereocenters. The summed E-state index contributed by atoms with van der Waals surface area (Å²) in [4.78, 5) is 0. The summed E-state index contributed by atoms with van der Waals surface area (Å²) in [5.41, 5.74) is 3.23. The molecule has 1 heterocycles. The fourth-order valence-electron chi connectivity index (χ4n) is 1.94. The highest BCUT2D eigenvalue weighted by atomic mass is 79.9. The predicted molar refractivity (Wildman–Crippen MR) is 81.3 cm³/mol. The fraction of sp³-hybridized carbons (Fsp3) is 0.214. The zero-order valence-electron chi connectivity index (χ0n) is 11.0. The van der Waals surface area contributed by atoms with Gasteiger partial charge in [0.2, 0.25) is 0 Å². The number of nitriles is 1. The first-order valence-electron chi connectivity index (χ1n) is 5.87. The Morgan fingerprint density at radius 3 is 2.70 bits per heavy atom. The third-order valence-corrected chi connectivity index (χ3v) is 4.14. The molecule has 0 aliphatic heterocycles. The summed E-state index contributed by atoms with van der Waals surface area (Å²) in [6.45, 7) is 2.45. The van der Waals surface area contributed by atoms with Crippen molar-refractivity contribution in [2.45, 2.75) is 13.5 Å². The second-order valence-electron chi connectivity index (χ2n) is 4.41. The van der Waals surface area contributed by atoms with Gasteiger partial charge < -0.3 is 9.88 Å². The number of rotatable bonds is 3. The first-order valence-corrected chi connectivity index (χ1v) is 7.05. The van der Waals surface area contributed by atoms with Gasteiger partial charge in [0.25, 0.3) is 0 Å². The van der Waals surface area contributed by atoms with E-state index in [-0.39, 0.29) is 0 Å². The summed E-state index contributed by atoms with van der Waals surface area (Å²) in [5, 5.41) is 12.5. The van der Waals surface area contributed by atoms with Crippen LogP contribution in [0.1, 0.15) is 17.0 Å². The van der Waals surface area contributed by atoms with Crippen molar-refractivity contribution in [3.05, 3.63) is 50.5 Å². The molecule has 1 aromatic carbocycles. The van der Waals surface area contributed by atoms with Gasteiger partial charge >= 0.3 is 0 Å². The van der Waals surface area contributed by atoms with Crippen LogP contribution in [0.2, 0.25) is 5.02 Å². The molecule has 2 aromatic rings. The second kappa shape index (κ2) is 5.86. The third-order valence-electron chi connectivity index (χ3n) is 3.22. The van der Waals surface area contributed by atoms with Crippen molar-refractivity contribution in [1.29, 1.82) is 5.26 Å². The topological polar surface area (TPSA) is 40.8 Å². The SMILES string of the molecule is Cc1c(CNc2c(Cl)cc(F)cc2Br)cc(C#N)n1C. The van der Waals surface area contributed by atoms with Crippen LogP contribution in [-0.4, -0.2) is 4.57 Å². The van der Waals surface area contributed by atoms with Gasteiger partial charge in [-0.25, -0.2) is 4.39 Å². The van der Waals surface area contributed by atoms with Crippen molar-refractivity contribution in [3.8, 4) is 6.07 Å². The summed E-state index contributed by atoms with van der Waals surface area (Å²) in [6.07, 6.45) is 0. The number of benzene rings is 1. The number of nitrogens with one attached hydrogen (secondary N) is 1. The largest absolute Gasteiger partial charge is 0.379 e. The number of hydrogen-bond acceptors (Lipinski definition) is 2. The lowest BCUT2D eigenvalue weighted by Crippen LogP contribution is -2.03. The quantitative estimate of drug-likeness (QED) is 0.887. The molecule has 2 rings (SSSR count). The van der Waals surface area contributed by atoms with Crippen LogP contribution in [0.5, 0.6) is 0 Å². The number of nitrogens with zero attached hydrogens (tertiary/aromatic N) is 2. The van der Waals surface area contributed by atoms with E-state index >= 15 is 0 Å². The molecule has 0 spiro atoms. The Morgan fingerprint density at radius 1 is 1.45 bits per heavy atom. The zero-order valence-corrected chi connectivity index (χ0v) is 13.3. The first kappa shape index (κ1) is 14.9. The van der Waals surface area contributed by atoms with E-state index in [2.05, 4.69) is 27.3 Å². The van der Waals surface area contributed by atoms with Crippen molar-refractivity contribution in [2.24, 2.45) is 7.05 Å². The standard InChI is InChI=1S/C14H12BrClFN3/c1-8-9(3-11(6-18)20(8)2)7-19-14-12(15)4-10(17)5-13(14)16/h3-5,19H,7H2,1-2H3. The molecule has 0 aliphatic carbocycles. The van der Waals surface area contributed by atoms with Crippen LogP contribution in [0.25, 0.3) is 0 Å². The van der Waals surface area contributed by atoms with Gasteiger partial charge in [-0.3, -0.25) is 0 Å². The van der Waals surface area contributed by atoms with Crippen molar-refractivity contribution in [2.75, 3.05) is 5.32 Å². The lowest BCUT2D eigenvalue weighted by atomic mass is 10.2. The highest BCUT2D eigenvalue weighted by Gasteiger charge is 2.11. The third kappa shape index (κ3) is 2.82. The van der Waals surface area contributed by atoms with Crippen molar-refractivity contribution >= 4 is 33.2 Å². The maximum absolute atomic E-state index is 13.2. The second-order valence-corrected chi connectivity index (χ2v) is 5.67. The molecule has 1 N–H and O–H groups in total. The average molecular weight is 357 g/mol. The van der Waals surface area contributed by atoms with Crippen LogP contribution in [0.15, 0.2) is 22.7 Å². The molecular formula is C14H12BrClFN3. The summed E-state index contributed by atoms with van der Waals surface area (Å²) in [5.74, 6) is -0.393. The molecule has 0 aliphatic rings. The van der Waals surface area contributed by atoms with Crippen LogP contribution in [0.3, 0.4) is 0 Å². The van der Waals surface area contributed by atoms with Crippen LogP contribution < -0.4 is 5.32 Å². The molecule has 0 saturated carbocycles. The number of hydrogen-bond donors (Lipinski definition) is 1. The molecule has 1 aromatic heterocycles. The van der Waals surface area contributed by atoms with Gasteiger partial charge in [0.1, 0.15) is 17.6 Å². The molecule has 0 amide bonds. The fourth-order valence-corrected chi connectivity index (χ4v) is 2.90. The Hall–Kier alpha value is -1.51. The van der Waals surface area contributed by atoms with E-state index in [1.165, 1.54) is 12.1 Å². The molecular weight excluding hydrogens is 345 g/mol. The minimum Gasteiger partial charge on any atom is -0.379 e. The van der Waals surface area contributed by atoms with E-state index in [0.717, 1.165) is 11.3 Å². The molecule has 3 nitrogen and oxygen atoms in total. The Kier molecular flexibility index (Phi) is 4.36. The first-order chi connectivity index (χ1) is 9.43. The Labute approximate surface area is 130 Å². The van der Waals surface area contributed by atoms with Crippen LogP contribution in [0.4, 0.5) is 10.1 Å². The van der Waals surface area contributed by atoms with Gasteiger partial charge in [-0.1, -0.05) is 11.6 Å². The van der Waals surface area contributed by atoms with Crippen molar-refractivity contribution in [1.82, 2.24) is 4.57 Å². The summed E-state index contributed by atoms with van der Waals surface area (Å²) < 4.78 is 15.6. The molecule has 0 saturated heterocycles. The van der Waals surface area contributed by atoms with E-state index in [1.807, 2.05) is 24.6 Å². The van der Waals surface area contributed by atoms with Crippen LogP contribution in [0, 0.1) is 24.1 Å². The van der Waals surface area contributed by atoms with Crippen LogP contribution >= 0.6 is 27.5 Å². The number of aromatic nitrogens is 1. The lowest BCUT2D eigenvalue weighted by Gasteiger charge is -2.11. The van der Waals surface area contributed by atoms with Crippen molar-refractivity contribution < 1.29 is 4.39 Å². The summed E-state index contributed by atoms with van der Waals surface area (Å²) in [6, 6.07) is 6.57. The number of halogens is 3. The van der Waals surface area contributed by atoms with Crippen LogP contribution in [-0.2, 0) is 13.6 Å². The molecule has 0 bridgehead atoms. The Bertz CT molecular complexity index is 680. The average Bonchev–Trinajstić information content (AvgIpc) is 2.65. The predicted octanol–water partition coefficient (Wildman–Crippen LogP) is 4.37. The van der Waals surface area contributed by atoms with E-state index in [4.69, 9.17) is 16.9 Å². The molecule has 104 valence electrons. The summed E-state index contributed by atoms with van der Waals surface area (Å²) >= 11 is 9.29. The Balaban J connectivity index is 2.24. The highest BCUT2D eigenvalue weighted by molar-refractivity contribution is 9.10. The van der Waals surface area contributed by atoms with E-state index in [9.17, 15) is 4.39 Å². The Morgan fingerprint density at radius 2 is 2.15 bits per heavy atom. The smallest absolute Gasteiger partial charge is 0.125 e. The zero-order chi connectivity index (χ0) is 14.9. The van der Waals surface area contributed by atoms with Gasteiger partial charge in [0.05, 0.1) is 10.7 Å².